The van der Waals surface area contributed by atoms with Gasteiger partial charge in [0.1, 0.15) is 11.3 Å². The maximum Gasteiger partial charge on any atom is 0.243 e. The first-order chi connectivity index (χ1) is 27.8. The SMILES string of the molecule is c1ccc([Si]2(c3ccccc3)c3ccc(-c4coc5ccccc45)cc3B3c4ccc(N5C6=C(CCCC6)Oc6ccccc65)cc4Sc4cccc2c43)cc1. The lowest BCUT2D eigenvalue weighted by atomic mass is 9.36. The molecule has 0 fully saturated rings. The summed E-state index contributed by atoms with van der Waals surface area (Å²) in [5.41, 5.74) is 11.1. The Morgan fingerprint density at radius 2 is 1.38 bits per heavy atom. The van der Waals surface area contributed by atoms with Crippen molar-refractivity contribution in [3.63, 3.8) is 0 Å². The highest BCUT2D eigenvalue weighted by Crippen LogP contribution is 2.47. The zero-order chi connectivity index (χ0) is 36.8. The summed E-state index contributed by atoms with van der Waals surface area (Å²) in [6.07, 6.45) is 6.30. The number of allylic oxidation sites excluding steroid dienone is 2. The van der Waals surface area contributed by atoms with E-state index in [2.05, 4.69) is 163 Å². The minimum Gasteiger partial charge on any atom is -0.464 e. The lowest BCUT2D eigenvalue weighted by Crippen LogP contribution is -2.87. The van der Waals surface area contributed by atoms with Crippen molar-refractivity contribution in [3.8, 4) is 16.9 Å². The van der Waals surface area contributed by atoms with Gasteiger partial charge in [-0.15, -0.1) is 0 Å². The zero-order valence-electron chi connectivity index (χ0n) is 30.7. The molecule has 266 valence electrons. The fraction of sp³-hybridized carbons (Fsp3) is 0.0800. The van der Waals surface area contributed by atoms with Crippen molar-refractivity contribution in [2.75, 3.05) is 4.90 Å². The molecule has 56 heavy (non-hydrogen) atoms. The molecule has 7 aromatic carbocycles. The summed E-state index contributed by atoms with van der Waals surface area (Å²) >= 11 is 1.94. The molecule has 0 unspecified atom stereocenters. The lowest BCUT2D eigenvalue weighted by molar-refractivity contribution is 0.363. The Kier molecular flexibility index (Phi) is 7.23. The van der Waals surface area contributed by atoms with Crippen LogP contribution in [-0.2, 0) is 0 Å². The van der Waals surface area contributed by atoms with Gasteiger partial charge in [-0.05, 0) is 82.0 Å². The van der Waals surface area contributed by atoms with Crippen LogP contribution in [-0.4, -0.2) is 14.8 Å². The van der Waals surface area contributed by atoms with Gasteiger partial charge >= 0.3 is 0 Å². The average molecular weight is 754 g/mol. The Morgan fingerprint density at radius 3 is 2.23 bits per heavy atom. The molecule has 0 saturated carbocycles. The van der Waals surface area contributed by atoms with Crippen molar-refractivity contribution < 1.29 is 9.15 Å². The van der Waals surface area contributed by atoms with Gasteiger partial charge in [0.05, 0.1) is 17.6 Å². The van der Waals surface area contributed by atoms with Crippen LogP contribution in [0.15, 0.2) is 196 Å². The predicted molar refractivity (Wildman–Crippen MR) is 235 cm³/mol. The quantitative estimate of drug-likeness (QED) is 0.170. The van der Waals surface area contributed by atoms with Crippen molar-refractivity contribution in [1.29, 1.82) is 0 Å². The van der Waals surface area contributed by atoms with Gasteiger partial charge in [-0.1, -0.05) is 156 Å². The van der Waals surface area contributed by atoms with E-state index in [0.29, 0.717) is 0 Å². The summed E-state index contributed by atoms with van der Waals surface area (Å²) in [5.74, 6) is 2.07. The van der Waals surface area contributed by atoms with E-state index in [1.54, 1.807) is 0 Å². The van der Waals surface area contributed by atoms with Gasteiger partial charge in [-0.25, -0.2) is 0 Å². The molecule has 1 aliphatic carbocycles. The van der Waals surface area contributed by atoms with E-state index in [4.69, 9.17) is 9.15 Å². The highest BCUT2D eigenvalue weighted by Gasteiger charge is 2.52. The van der Waals surface area contributed by atoms with Crippen molar-refractivity contribution in [1.82, 2.24) is 0 Å². The average Bonchev–Trinajstić information content (AvgIpc) is 3.70. The number of hydrogen-bond donors (Lipinski definition) is 0. The number of nitrogens with zero attached hydrogens (tertiary/aromatic N) is 1. The van der Waals surface area contributed by atoms with Crippen LogP contribution < -0.4 is 46.8 Å². The van der Waals surface area contributed by atoms with E-state index in [1.807, 2.05) is 24.1 Å². The second-order valence-corrected chi connectivity index (χ2v) is 20.2. The first-order valence-corrected chi connectivity index (χ1v) is 22.6. The second-order valence-electron chi connectivity index (χ2n) is 15.4. The van der Waals surface area contributed by atoms with Crippen molar-refractivity contribution in [3.05, 3.63) is 182 Å². The maximum atomic E-state index is 6.53. The lowest BCUT2D eigenvalue weighted by Gasteiger charge is -2.45. The number of furan rings is 1. The highest BCUT2D eigenvalue weighted by molar-refractivity contribution is 8.00. The second kappa shape index (κ2) is 12.5. The fourth-order valence-corrected chi connectivity index (χ4v) is 16.7. The van der Waals surface area contributed by atoms with E-state index in [9.17, 15) is 0 Å². The fourth-order valence-electron chi connectivity index (χ4n) is 10.2. The van der Waals surface area contributed by atoms with Gasteiger partial charge in [0, 0.05) is 32.8 Å². The molecule has 4 aliphatic rings. The van der Waals surface area contributed by atoms with Crippen LogP contribution in [0.3, 0.4) is 0 Å². The molecule has 0 N–H and O–H groups in total. The number of benzene rings is 7. The van der Waals surface area contributed by atoms with Gasteiger partial charge in [0.25, 0.3) is 0 Å². The van der Waals surface area contributed by atoms with Crippen molar-refractivity contribution in [2.45, 2.75) is 35.5 Å². The van der Waals surface area contributed by atoms with Gasteiger partial charge in [0.2, 0.25) is 6.71 Å². The molecule has 0 atom stereocenters. The third-order valence-corrected chi connectivity index (χ3v) is 18.6. The molecular formula is C50H36BNO2SSi. The van der Waals surface area contributed by atoms with E-state index >= 15 is 0 Å². The van der Waals surface area contributed by atoms with Crippen molar-refractivity contribution in [2.24, 2.45) is 0 Å². The monoisotopic (exact) mass is 753 g/mol. The summed E-state index contributed by atoms with van der Waals surface area (Å²) in [6.45, 7) is 0.0779. The number of hydrogen-bond acceptors (Lipinski definition) is 4. The molecule has 8 aromatic rings. The molecule has 4 heterocycles. The van der Waals surface area contributed by atoms with Crippen LogP contribution in [0.4, 0.5) is 11.4 Å². The summed E-state index contributed by atoms with van der Waals surface area (Å²) in [6, 6.07) is 61.4. The molecule has 0 saturated heterocycles. The largest absolute Gasteiger partial charge is 0.464 e. The predicted octanol–water partition coefficient (Wildman–Crippen LogP) is 8.09. The standard InChI is InChI=1S/C50H36BNO2SSi/c1-3-14-35(15-4-1)56(36-16-5-2-6-17-36)48-29-26-33(38-32-53-43-21-10-7-18-37(38)43)30-40(48)51-39-28-27-34(31-47(39)55-46-24-13-25-49(56)50(46)51)52-41-19-8-11-22-44(41)54-45-23-12-9-20-42(45)52/h1-8,10-11,13-19,21-22,24-32H,9,12,20,23H2. The molecule has 0 bridgehead atoms. The number of anilines is 2. The molecule has 12 rings (SSSR count). The van der Waals surface area contributed by atoms with Gasteiger partial charge in [0.15, 0.2) is 13.8 Å². The van der Waals surface area contributed by atoms with E-state index in [0.717, 1.165) is 46.6 Å². The van der Waals surface area contributed by atoms with E-state index in [1.165, 1.54) is 76.7 Å². The molecule has 0 amide bonds. The van der Waals surface area contributed by atoms with Crippen LogP contribution >= 0.6 is 11.8 Å². The first kappa shape index (κ1) is 32.3. The Hall–Kier alpha value is -5.95. The molecule has 3 aliphatic heterocycles. The first-order valence-electron chi connectivity index (χ1n) is 19.7. The molecular weight excluding hydrogens is 718 g/mol. The zero-order valence-corrected chi connectivity index (χ0v) is 32.6. The smallest absolute Gasteiger partial charge is 0.243 e. The number of ether oxygens (including phenoxy) is 1. The van der Waals surface area contributed by atoms with Crippen LogP contribution in [0, 0.1) is 0 Å². The summed E-state index contributed by atoms with van der Waals surface area (Å²) in [4.78, 5) is 5.16. The third-order valence-electron chi connectivity index (χ3n) is 12.5. The van der Waals surface area contributed by atoms with Gasteiger partial charge in [-0.3, -0.25) is 0 Å². The summed E-state index contributed by atoms with van der Waals surface area (Å²) in [7, 11) is -2.78. The molecule has 0 radical (unpaired) electrons. The minimum atomic E-state index is -2.78. The molecule has 3 nitrogen and oxygen atoms in total. The van der Waals surface area contributed by atoms with E-state index < -0.39 is 8.07 Å². The summed E-state index contributed by atoms with van der Waals surface area (Å²) in [5, 5.41) is 6.92. The third kappa shape index (κ3) is 4.60. The Balaban J connectivity index is 1.12. The van der Waals surface area contributed by atoms with Crippen LogP contribution in [0.5, 0.6) is 5.75 Å². The molecule has 6 heteroatoms. The number of para-hydroxylation sites is 3. The maximum absolute atomic E-state index is 6.53. The molecule has 0 spiro atoms. The number of fused-ring (bicyclic) bond motifs is 6. The van der Waals surface area contributed by atoms with E-state index in [-0.39, 0.29) is 6.71 Å². The Bertz CT molecular complexity index is 2860. The van der Waals surface area contributed by atoms with Crippen LogP contribution in [0.25, 0.3) is 22.1 Å². The topological polar surface area (TPSA) is 25.6 Å². The van der Waals surface area contributed by atoms with Crippen LogP contribution in [0.2, 0.25) is 0 Å². The normalized spacial score (nSPS) is 16.0. The van der Waals surface area contributed by atoms with Gasteiger partial charge in [-0.2, -0.15) is 0 Å². The Morgan fingerprint density at radius 1 is 0.607 bits per heavy atom. The number of rotatable bonds is 4. The van der Waals surface area contributed by atoms with Crippen LogP contribution in [0.1, 0.15) is 25.7 Å². The highest BCUT2D eigenvalue weighted by atomic mass is 32.2. The van der Waals surface area contributed by atoms with Gasteiger partial charge < -0.3 is 14.1 Å². The van der Waals surface area contributed by atoms with Crippen molar-refractivity contribution >= 4 is 86.0 Å². The minimum absolute atomic E-state index is 0.0779. The Labute approximate surface area is 332 Å². The molecule has 1 aromatic heterocycles. The summed E-state index contributed by atoms with van der Waals surface area (Å²) < 4.78 is 12.7.